The standard InChI is InChI=1S/C16H32N2/c1-3-15-8-4-5-10-16(15,13-17)18-11-6-7-14(2)9-12-18/h14-15H,3-13,17H2,1-2H3. The lowest BCUT2D eigenvalue weighted by molar-refractivity contribution is 0.00570. The van der Waals surface area contributed by atoms with Crippen molar-refractivity contribution in [2.75, 3.05) is 19.6 Å². The first-order valence-electron chi connectivity index (χ1n) is 8.18. The van der Waals surface area contributed by atoms with Crippen LogP contribution in [0.25, 0.3) is 0 Å². The zero-order chi connectivity index (χ0) is 13.0. The molecule has 2 heteroatoms. The average molecular weight is 252 g/mol. The Kier molecular flexibility index (Phi) is 5.08. The molecule has 1 heterocycles. The summed E-state index contributed by atoms with van der Waals surface area (Å²) in [5.74, 6) is 1.75. The van der Waals surface area contributed by atoms with Crippen LogP contribution in [0.4, 0.5) is 0 Å². The molecule has 1 saturated carbocycles. The fraction of sp³-hybridized carbons (Fsp3) is 1.00. The maximum Gasteiger partial charge on any atom is 0.0359 e. The van der Waals surface area contributed by atoms with Crippen LogP contribution in [0.3, 0.4) is 0 Å². The Hall–Kier alpha value is -0.0800. The lowest BCUT2D eigenvalue weighted by Gasteiger charge is -2.51. The van der Waals surface area contributed by atoms with Crippen LogP contribution in [-0.4, -0.2) is 30.1 Å². The molecule has 0 amide bonds. The van der Waals surface area contributed by atoms with Crippen LogP contribution >= 0.6 is 0 Å². The van der Waals surface area contributed by atoms with Crippen molar-refractivity contribution in [1.29, 1.82) is 0 Å². The van der Waals surface area contributed by atoms with Crippen molar-refractivity contribution in [3.8, 4) is 0 Å². The van der Waals surface area contributed by atoms with E-state index >= 15 is 0 Å². The van der Waals surface area contributed by atoms with E-state index in [9.17, 15) is 0 Å². The molecular formula is C16H32N2. The molecule has 0 radical (unpaired) electrons. The second kappa shape index (κ2) is 6.38. The highest BCUT2D eigenvalue weighted by atomic mass is 15.2. The highest BCUT2D eigenvalue weighted by molar-refractivity contribution is 5.00. The highest BCUT2D eigenvalue weighted by Crippen LogP contribution is 2.41. The van der Waals surface area contributed by atoms with Crippen molar-refractivity contribution in [2.24, 2.45) is 17.6 Å². The molecule has 0 aromatic heterocycles. The van der Waals surface area contributed by atoms with Crippen molar-refractivity contribution in [1.82, 2.24) is 4.90 Å². The fourth-order valence-electron chi connectivity index (χ4n) is 4.40. The number of nitrogens with two attached hydrogens (primary N) is 1. The third kappa shape index (κ3) is 2.75. The van der Waals surface area contributed by atoms with Gasteiger partial charge in [0.15, 0.2) is 0 Å². The van der Waals surface area contributed by atoms with Gasteiger partial charge in [0.2, 0.25) is 0 Å². The zero-order valence-corrected chi connectivity index (χ0v) is 12.5. The van der Waals surface area contributed by atoms with Crippen LogP contribution in [0.2, 0.25) is 0 Å². The maximum atomic E-state index is 6.28. The predicted octanol–water partition coefficient (Wildman–Crippen LogP) is 3.41. The van der Waals surface area contributed by atoms with E-state index in [1.165, 1.54) is 64.5 Å². The summed E-state index contributed by atoms with van der Waals surface area (Å²) in [5, 5.41) is 0. The Balaban J connectivity index is 2.13. The van der Waals surface area contributed by atoms with E-state index in [-0.39, 0.29) is 0 Å². The average Bonchev–Trinajstić information content (AvgIpc) is 2.63. The Morgan fingerprint density at radius 2 is 1.94 bits per heavy atom. The van der Waals surface area contributed by atoms with Crippen molar-refractivity contribution >= 4 is 0 Å². The summed E-state index contributed by atoms with van der Waals surface area (Å²) < 4.78 is 0. The molecule has 3 atom stereocenters. The molecule has 2 N–H and O–H groups in total. The van der Waals surface area contributed by atoms with Gasteiger partial charge in [-0.3, -0.25) is 4.90 Å². The van der Waals surface area contributed by atoms with Gasteiger partial charge in [-0.2, -0.15) is 0 Å². The van der Waals surface area contributed by atoms with Crippen LogP contribution in [0.5, 0.6) is 0 Å². The SMILES string of the molecule is CCC1CCCCC1(CN)N1CCCC(C)CC1. The second-order valence-electron chi connectivity index (χ2n) is 6.68. The van der Waals surface area contributed by atoms with E-state index in [0.29, 0.717) is 5.54 Å². The van der Waals surface area contributed by atoms with Gasteiger partial charge in [-0.1, -0.05) is 33.1 Å². The summed E-state index contributed by atoms with van der Waals surface area (Å²) >= 11 is 0. The lowest BCUT2D eigenvalue weighted by atomic mass is 9.70. The number of likely N-dealkylation sites (tertiary alicyclic amines) is 1. The second-order valence-corrected chi connectivity index (χ2v) is 6.68. The predicted molar refractivity (Wildman–Crippen MR) is 78.6 cm³/mol. The number of hydrogen-bond donors (Lipinski definition) is 1. The number of rotatable bonds is 3. The van der Waals surface area contributed by atoms with Crippen molar-refractivity contribution in [3.05, 3.63) is 0 Å². The van der Waals surface area contributed by atoms with Gasteiger partial charge < -0.3 is 5.73 Å². The van der Waals surface area contributed by atoms with Crippen molar-refractivity contribution in [3.63, 3.8) is 0 Å². The maximum absolute atomic E-state index is 6.28. The molecule has 106 valence electrons. The summed E-state index contributed by atoms with van der Waals surface area (Å²) in [5.41, 5.74) is 6.62. The molecular weight excluding hydrogens is 220 g/mol. The van der Waals surface area contributed by atoms with Gasteiger partial charge in [-0.25, -0.2) is 0 Å². The van der Waals surface area contributed by atoms with Gasteiger partial charge in [-0.15, -0.1) is 0 Å². The van der Waals surface area contributed by atoms with E-state index in [4.69, 9.17) is 5.73 Å². The van der Waals surface area contributed by atoms with Gasteiger partial charge in [0.05, 0.1) is 0 Å². The Labute approximate surface area is 113 Å². The van der Waals surface area contributed by atoms with Crippen LogP contribution in [-0.2, 0) is 0 Å². The van der Waals surface area contributed by atoms with Gasteiger partial charge in [0, 0.05) is 12.1 Å². The third-order valence-electron chi connectivity index (χ3n) is 5.67. The molecule has 0 spiro atoms. The molecule has 2 rings (SSSR count). The summed E-state index contributed by atoms with van der Waals surface area (Å²) in [6, 6.07) is 0. The highest BCUT2D eigenvalue weighted by Gasteiger charge is 2.43. The molecule has 1 aliphatic carbocycles. The van der Waals surface area contributed by atoms with Crippen LogP contribution < -0.4 is 5.73 Å². The minimum atomic E-state index is 0.344. The molecule has 0 aromatic carbocycles. The normalized spacial score (nSPS) is 39.5. The van der Waals surface area contributed by atoms with Gasteiger partial charge in [0.25, 0.3) is 0 Å². The minimum Gasteiger partial charge on any atom is -0.329 e. The minimum absolute atomic E-state index is 0.344. The van der Waals surface area contributed by atoms with Crippen LogP contribution in [0, 0.1) is 11.8 Å². The molecule has 1 saturated heterocycles. The van der Waals surface area contributed by atoms with Gasteiger partial charge >= 0.3 is 0 Å². The van der Waals surface area contributed by atoms with Crippen molar-refractivity contribution < 1.29 is 0 Å². The van der Waals surface area contributed by atoms with Crippen LogP contribution in [0.15, 0.2) is 0 Å². The summed E-state index contributed by atoms with van der Waals surface area (Å²) in [4.78, 5) is 2.80. The topological polar surface area (TPSA) is 29.3 Å². The molecule has 1 aliphatic heterocycles. The summed E-state index contributed by atoms with van der Waals surface area (Å²) in [6.07, 6.45) is 11.0. The largest absolute Gasteiger partial charge is 0.329 e. The quantitative estimate of drug-likeness (QED) is 0.834. The first kappa shape index (κ1) is 14.3. The Bertz CT molecular complexity index is 253. The molecule has 3 unspecified atom stereocenters. The number of nitrogens with zero attached hydrogens (tertiary/aromatic N) is 1. The Morgan fingerprint density at radius 3 is 2.67 bits per heavy atom. The fourth-order valence-corrected chi connectivity index (χ4v) is 4.40. The van der Waals surface area contributed by atoms with Crippen LogP contribution in [0.1, 0.15) is 65.2 Å². The van der Waals surface area contributed by atoms with Gasteiger partial charge in [0.1, 0.15) is 0 Å². The van der Waals surface area contributed by atoms with E-state index in [1.807, 2.05) is 0 Å². The Morgan fingerprint density at radius 1 is 1.11 bits per heavy atom. The van der Waals surface area contributed by atoms with Crippen molar-refractivity contribution in [2.45, 2.75) is 70.8 Å². The number of hydrogen-bond acceptors (Lipinski definition) is 2. The van der Waals surface area contributed by atoms with E-state index < -0.39 is 0 Å². The molecule has 0 bridgehead atoms. The van der Waals surface area contributed by atoms with E-state index in [2.05, 4.69) is 18.7 Å². The summed E-state index contributed by atoms with van der Waals surface area (Å²) in [7, 11) is 0. The monoisotopic (exact) mass is 252 g/mol. The van der Waals surface area contributed by atoms with E-state index in [0.717, 1.165) is 18.4 Å². The first-order valence-corrected chi connectivity index (χ1v) is 8.18. The molecule has 18 heavy (non-hydrogen) atoms. The zero-order valence-electron chi connectivity index (χ0n) is 12.5. The molecule has 2 aliphatic rings. The molecule has 2 nitrogen and oxygen atoms in total. The van der Waals surface area contributed by atoms with Gasteiger partial charge in [-0.05, 0) is 57.0 Å². The first-order chi connectivity index (χ1) is 8.73. The van der Waals surface area contributed by atoms with E-state index in [1.54, 1.807) is 0 Å². The molecule has 0 aromatic rings. The summed E-state index contributed by atoms with van der Waals surface area (Å²) in [6.45, 7) is 8.23. The third-order valence-corrected chi connectivity index (χ3v) is 5.67. The lowest BCUT2D eigenvalue weighted by Crippen LogP contribution is -2.60. The smallest absolute Gasteiger partial charge is 0.0359 e. The molecule has 2 fully saturated rings.